The zero-order valence-corrected chi connectivity index (χ0v) is 11.0. The van der Waals surface area contributed by atoms with E-state index in [0.717, 1.165) is 6.54 Å². The second-order valence-electron chi connectivity index (χ2n) is 4.05. The summed E-state index contributed by atoms with van der Waals surface area (Å²) < 4.78 is 10.2. The number of morpholine rings is 1. The summed E-state index contributed by atoms with van der Waals surface area (Å²) in [5.74, 6) is -0.0626. The van der Waals surface area contributed by atoms with Gasteiger partial charge >= 0.3 is 5.97 Å². The van der Waals surface area contributed by atoms with Crippen LogP contribution in [0.4, 0.5) is 0 Å². The van der Waals surface area contributed by atoms with Crippen LogP contribution in [0.15, 0.2) is 6.20 Å². The molecule has 0 radical (unpaired) electrons. The van der Waals surface area contributed by atoms with Crippen LogP contribution in [0.2, 0.25) is 5.15 Å². The second-order valence-corrected chi connectivity index (χ2v) is 4.40. The normalized spacial score (nSPS) is 20.7. The third kappa shape index (κ3) is 2.77. The first-order valence-corrected chi connectivity index (χ1v) is 5.90. The van der Waals surface area contributed by atoms with Gasteiger partial charge in [-0.15, -0.1) is 0 Å². The highest BCUT2D eigenvalue weighted by molar-refractivity contribution is 6.32. The van der Waals surface area contributed by atoms with Crippen molar-refractivity contribution in [2.45, 2.75) is 6.10 Å². The average Bonchev–Trinajstić information content (AvgIpc) is 2.37. The van der Waals surface area contributed by atoms with Crippen LogP contribution in [0.3, 0.4) is 0 Å². The fourth-order valence-corrected chi connectivity index (χ4v) is 1.92. The lowest BCUT2D eigenvalue weighted by Crippen LogP contribution is -2.36. The molecule has 2 heterocycles. The van der Waals surface area contributed by atoms with E-state index in [4.69, 9.17) is 16.3 Å². The molecule has 6 nitrogen and oxygen atoms in total. The molecule has 0 aliphatic carbocycles. The summed E-state index contributed by atoms with van der Waals surface area (Å²) in [4.78, 5) is 21.7. The van der Waals surface area contributed by atoms with Gasteiger partial charge in [-0.3, -0.25) is 0 Å². The van der Waals surface area contributed by atoms with Gasteiger partial charge in [0.25, 0.3) is 0 Å². The van der Waals surface area contributed by atoms with Crippen LogP contribution in [-0.4, -0.2) is 54.7 Å². The number of hydrogen-bond donors (Lipinski definition) is 0. The summed E-state index contributed by atoms with van der Waals surface area (Å²) in [6, 6.07) is 0. The van der Waals surface area contributed by atoms with Crippen molar-refractivity contribution in [1.82, 2.24) is 14.9 Å². The van der Waals surface area contributed by atoms with Crippen LogP contribution >= 0.6 is 11.6 Å². The highest BCUT2D eigenvalue weighted by Gasteiger charge is 2.23. The van der Waals surface area contributed by atoms with Crippen LogP contribution in [0, 0.1) is 0 Å². The predicted molar refractivity (Wildman–Crippen MR) is 64.6 cm³/mol. The number of esters is 1. The lowest BCUT2D eigenvalue weighted by Gasteiger charge is -2.29. The Kier molecular flexibility index (Phi) is 4.11. The Hall–Kier alpha value is -1.24. The first-order chi connectivity index (χ1) is 8.61. The zero-order chi connectivity index (χ0) is 13.1. The van der Waals surface area contributed by atoms with E-state index in [1.54, 1.807) is 0 Å². The van der Waals surface area contributed by atoms with E-state index in [1.165, 1.54) is 13.3 Å². The molecule has 0 amide bonds. The highest BCUT2D eigenvalue weighted by atomic mass is 35.5. The Morgan fingerprint density at radius 2 is 2.44 bits per heavy atom. The van der Waals surface area contributed by atoms with Gasteiger partial charge in [-0.1, -0.05) is 11.6 Å². The molecule has 18 heavy (non-hydrogen) atoms. The van der Waals surface area contributed by atoms with Gasteiger partial charge in [0.2, 0.25) is 0 Å². The molecule has 2 rings (SSSR count). The van der Waals surface area contributed by atoms with Crippen molar-refractivity contribution in [3.8, 4) is 0 Å². The molecule has 1 atom stereocenters. The average molecular weight is 272 g/mol. The quantitative estimate of drug-likeness (QED) is 0.589. The molecule has 0 aromatic carbocycles. The molecule has 1 aliphatic heterocycles. The molecule has 1 fully saturated rings. The van der Waals surface area contributed by atoms with Crippen LogP contribution in [0.1, 0.15) is 22.3 Å². The summed E-state index contributed by atoms with van der Waals surface area (Å²) in [5.41, 5.74) is 0.159. The Balaban J connectivity index is 2.20. The van der Waals surface area contributed by atoms with E-state index in [1.807, 2.05) is 7.05 Å². The molecular weight excluding hydrogens is 258 g/mol. The lowest BCUT2D eigenvalue weighted by molar-refractivity contribution is -0.0255. The van der Waals surface area contributed by atoms with Gasteiger partial charge in [0, 0.05) is 19.3 Å². The molecule has 1 saturated heterocycles. The highest BCUT2D eigenvalue weighted by Crippen LogP contribution is 2.21. The van der Waals surface area contributed by atoms with E-state index >= 15 is 0 Å². The minimum atomic E-state index is -0.548. The maximum Gasteiger partial charge on any atom is 0.342 e. The molecule has 0 N–H and O–H groups in total. The molecule has 98 valence electrons. The topological polar surface area (TPSA) is 64.5 Å². The van der Waals surface area contributed by atoms with Gasteiger partial charge in [0.05, 0.1) is 13.7 Å². The molecule has 1 aromatic heterocycles. The van der Waals surface area contributed by atoms with Crippen LogP contribution < -0.4 is 0 Å². The molecule has 0 spiro atoms. The van der Waals surface area contributed by atoms with Crippen molar-refractivity contribution < 1.29 is 14.3 Å². The third-order valence-corrected chi connectivity index (χ3v) is 3.01. The molecule has 0 saturated carbocycles. The van der Waals surface area contributed by atoms with Gasteiger partial charge in [-0.2, -0.15) is 0 Å². The van der Waals surface area contributed by atoms with Gasteiger partial charge in [0.1, 0.15) is 16.8 Å². The smallest absolute Gasteiger partial charge is 0.342 e. The summed E-state index contributed by atoms with van der Waals surface area (Å²) >= 11 is 5.94. The molecule has 1 aromatic rings. The number of halogens is 1. The van der Waals surface area contributed by atoms with Gasteiger partial charge in [0.15, 0.2) is 5.82 Å². The number of methoxy groups -OCH3 is 1. The van der Waals surface area contributed by atoms with E-state index in [0.29, 0.717) is 19.0 Å². The largest absolute Gasteiger partial charge is 0.465 e. The number of likely N-dealkylation sites (N-methyl/N-ethyl adjacent to an activating group) is 1. The number of nitrogens with zero attached hydrogens (tertiary/aromatic N) is 3. The number of aromatic nitrogens is 2. The fraction of sp³-hybridized carbons (Fsp3) is 0.545. The van der Waals surface area contributed by atoms with E-state index in [2.05, 4.69) is 19.6 Å². The van der Waals surface area contributed by atoms with Crippen molar-refractivity contribution in [3.63, 3.8) is 0 Å². The molecular formula is C11H14ClN3O3. The second kappa shape index (κ2) is 5.60. The molecule has 1 aliphatic rings. The van der Waals surface area contributed by atoms with Crippen LogP contribution in [-0.2, 0) is 9.47 Å². The zero-order valence-electron chi connectivity index (χ0n) is 10.2. The fourth-order valence-electron chi connectivity index (χ4n) is 1.71. The minimum Gasteiger partial charge on any atom is -0.465 e. The van der Waals surface area contributed by atoms with Crippen molar-refractivity contribution >= 4 is 17.6 Å². The molecule has 7 heteroatoms. The van der Waals surface area contributed by atoms with Crippen molar-refractivity contribution in [3.05, 3.63) is 22.7 Å². The number of carbonyl (C=O) groups excluding carboxylic acids is 1. The molecule has 1 unspecified atom stereocenters. The molecule has 0 bridgehead atoms. The van der Waals surface area contributed by atoms with Gasteiger partial charge in [-0.25, -0.2) is 14.8 Å². The van der Waals surface area contributed by atoms with Gasteiger partial charge in [-0.05, 0) is 7.05 Å². The van der Waals surface area contributed by atoms with Crippen molar-refractivity contribution in [1.29, 1.82) is 0 Å². The summed E-state index contributed by atoms with van der Waals surface area (Å²) in [7, 11) is 3.28. The van der Waals surface area contributed by atoms with Crippen LogP contribution in [0.5, 0.6) is 0 Å². The number of rotatable bonds is 2. The van der Waals surface area contributed by atoms with E-state index in [-0.39, 0.29) is 16.8 Å². The number of carbonyl (C=O) groups is 1. The standard InChI is InChI=1S/C11H14ClN3O3/c1-15-3-4-18-8(6-15)10-13-5-7(9(12)14-10)11(16)17-2/h5,8H,3-4,6H2,1-2H3. The Morgan fingerprint density at radius 3 is 3.06 bits per heavy atom. The minimum absolute atomic E-state index is 0.0867. The summed E-state index contributed by atoms with van der Waals surface area (Å²) in [5, 5.41) is 0.0867. The van der Waals surface area contributed by atoms with Crippen molar-refractivity contribution in [2.75, 3.05) is 33.9 Å². The predicted octanol–water partition coefficient (Wildman–Crippen LogP) is 0.920. The number of hydrogen-bond acceptors (Lipinski definition) is 6. The Bertz CT molecular complexity index is 455. The Morgan fingerprint density at radius 1 is 1.67 bits per heavy atom. The monoisotopic (exact) mass is 271 g/mol. The van der Waals surface area contributed by atoms with E-state index in [9.17, 15) is 4.79 Å². The maximum absolute atomic E-state index is 11.3. The number of ether oxygens (including phenoxy) is 2. The first-order valence-electron chi connectivity index (χ1n) is 5.52. The summed E-state index contributed by atoms with van der Waals surface area (Å²) in [6.45, 7) is 2.21. The Labute approximate surface area is 110 Å². The summed E-state index contributed by atoms with van der Waals surface area (Å²) in [6.07, 6.45) is 1.15. The first kappa shape index (κ1) is 13.2. The van der Waals surface area contributed by atoms with Crippen molar-refractivity contribution in [2.24, 2.45) is 0 Å². The third-order valence-electron chi connectivity index (χ3n) is 2.72. The maximum atomic E-state index is 11.3. The van der Waals surface area contributed by atoms with E-state index < -0.39 is 5.97 Å². The lowest BCUT2D eigenvalue weighted by atomic mass is 10.2. The van der Waals surface area contributed by atoms with Gasteiger partial charge < -0.3 is 14.4 Å². The van der Waals surface area contributed by atoms with Crippen LogP contribution in [0.25, 0.3) is 0 Å². The SMILES string of the molecule is COC(=O)c1cnc(C2CN(C)CCO2)nc1Cl.